The Hall–Kier alpha value is -2.17. The van der Waals surface area contributed by atoms with Gasteiger partial charge in [0, 0.05) is 6.04 Å². The number of hydrogen-bond donors (Lipinski definition) is 3. The lowest BCUT2D eigenvalue weighted by Crippen LogP contribution is -2.42. The molecular weight excluding hydrogens is 394 g/mol. The molecule has 0 saturated carbocycles. The van der Waals surface area contributed by atoms with E-state index >= 15 is 0 Å². The highest BCUT2D eigenvalue weighted by molar-refractivity contribution is 7.92. The van der Waals surface area contributed by atoms with E-state index in [4.69, 9.17) is 18.0 Å². The number of thiocarbonyl (C=S) groups is 1. The van der Waals surface area contributed by atoms with E-state index in [2.05, 4.69) is 10.0 Å². The number of nitrogens with one attached hydrogen (secondary N) is 2. The first kappa shape index (κ1) is 20.1. The molecule has 0 aliphatic rings. The molecule has 140 valence electrons. The molecule has 2 aromatic carbocycles. The fourth-order valence-corrected chi connectivity index (χ4v) is 5.05. The molecule has 4 N–H and O–H groups in total. The summed E-state index contributed by atoms with van der Waals surface area (Å²) in [7, 11) is -7.83. The second-order valence-corrected chi connectivity index (χ2v) is 9.76. The van der Waals surface area contributed by atoms with E-state index < -0.39 is 19.9 Å². The third kappa shape index (κ3) is 4.51. The van der Waals surface area contributed by atoms with Gasteiger partial charge in [0.25, 0.3) is 10.0 Å². The number of hydrogen-bond acceptors (Lipinski definition) is 6. The van der Waals surface area contributed by atoms with E-state index in [0.717, 1.165) is 12.1 Å². The summed E-state index contributed by atoms with van der Waals surface area (Å²) in [6.45, 7) is 3.61. The molecule has 0 amide bonds. The molecule has 0 atom stereocenters. The van der Waals surface area contributed by atoms with Crippen LogP contribution in [0.15, 0.2) is 63.2 Å². The Bertz CT molecular complexity index is 1020. The van der Waals surface area contributed by atoms with Gasteiger partial charge in [0.05, 0.1) is 15.5 Å². The number of nitrogens with two attached hydrogens (primary N) is 1. The summed E-state index contributed by atoms with van der Waals surface area (Å²) in [6, 6.07) is 11.2. The Kier molecular flexibility index (Phi) is 5.89. The van der Waals surface area contributed by atoms with Gasteiger partial charge in [-0.25, -0.2) is 16.8 Å². The molecule has 0 unspecified atom stereocenters. The molecule has 0 fully saturated rings. The van der Waals surface area contributed by atoms with Crippen LogP contribution in [0.5, 0.6) is 0 Å². The van der Waals surface area contributed by atoms with Gasteiger partial charge in [-0.15, -0.1) is 0 Å². The Morgan fingerprint density at radius 3 is 2.15 bits per heavy atom. The monoisotopic (exact) mass is 413 g/mol. The molecule has 10 heteroatoms. The second-order valence-electron chi connectivity index (χ2n) is 5.75. The first-order valence-corrected chi connectivity index (χ1v) is 10.9. The fraction of sp³-hybridized carbons (Fsp3) is 0.188. The van der Waals surface area contributed by atoms with Crippen molar-refractivity contribution in [2.24, 2.45) is 0 Å². The van der Waals surface area contributed by atoms with Gasteiger partial charge in [-0.1, -0.05) is 18.2 Å². The lowest BCUT2D eigenvalue weighted by atomic mass is 10.3. The van der Waals surface area contributed by atoms with Crippen LogP contribution in [0.25, 0.3) is 0 Å². The summed E-state index contributed by atoms with van der Waals surface area (Å²) < 4.78 is 52.2. The van der Waals surface area contributed by atoms with E-state index in [9.17, 15) is 16.8 Å². The van der Waals surface area contributed by atoms with Gasteiger partial charge in [-0.3, -0.25) is 4.72 Å². The van der Waals surface area contributed by atoms with Gasteiger partial charge in [-0.05, 0) is 56.4 Å². The summed E-state index contributed by atoms with van der Waals surface area (Å²) in [6.07, 6.45) is 0. The van der Waals surface area contributed by atoms with Crippen LogP contribution in [-0.4, -0.2) is 28.0 Å². The number of rotatable bonds is 5. The maximum atomic E-state index is 12.6. The minimum atomic E-state index is -4.04. The molecule has 0 bridgehead atoms. The largest absolute Gasteiger partial charge is 0.398 e. The Labute approximate surface area is 158 Å². The van der Waals surface area contributed by atoms with E-state index in [1.165, 1.54) is 18.2 Å². The first-order chi connectivity index (χ1) is 12.0. The zero-order chi connectivity index (χ0) is 19.5. The molecule has 2 aromatic rings. The van der Waals surface area contributed by atoms with E-state index in [1.54, 1.807) is 32.0 Å². The van der Waals surface area contributed by atoms with Crippen molar-refractivity contribution in [2.75, 3.05) is 5.73 Å². The number of sulfonamides is 1. The van der Waals surface area contributed by atoms with Gasteiger partial charge < -0.3 is 11.1 Å². The molecule has 26 heavy (non-hydrogen) atoms. The number of anilines is 1. The van der Waals surface area contributed by atoms with Gasteiger partial charge >= 0.3 is 0 Å². The third-order valence-electron chi connectivity index (χ3n) is 3.28. The zero-order valence-corrected chi connectivity index (χ0v) is 16.6. The Morgan fingerprint density at radius 1 is 1.00 bits per heavy atom. The molecule has 0 heterocycles. The van der Waals surface area contributed by atoms with Crippen molar-refractivity contribution < 1.29 is 16.8 Å². The number of nitrogen functional groups attached to an aromatic ring is 1. The smallest absolute Gasteiger partial charge is 0.265 e. The standard InChI is InChI=1S/C16H19N3O4S3/c1-11(2)18-16(24)19-26(22,23)15-9-8-13(10-14(15)17)25(20,21)12-6-4-3-5-7-12/h3-11H,17H2,1-2H3,(H2,18,19,24). The van der Waals surface area contributed by atoms with Crippen LogP contribution in [0.2, 0.25) is 0 Å². The molecular formula is C16H19N3O4S3. The van der Waals surface area contributed by atoms with Crippen molar-refractivity contribution in [3.63, 3.8) is 0 Å². The third-order valence-corrected chi connectivity index (χ3v) is 6.82. The summed E-state index contributed by atoms with van der Waals surface area (Å²) in [4.78, 5) is -0.254. The minimum absolute atomic E-state index is 0.0547. The van der Waals surface area contributed by atoms with Crippen LogP contribution in [0.3, 0.4) is 0 Å². The molecule has 2 rings (SSSR count). The SMILES string of the molecule is CC(C)NC(=S)NS(=O)(=O)c1ccc(S(=O)(=O)c2ccccc2)cc1N. The van der Waals surface area contributed by atoms with E-state index in [0.29, 0.717) is 0 Å². The Balaban J connectivity index is 2.37. The van der Waals surface area contributed by atoms with Crippen LogP contribution in [0, 0.1) is 0 Å². The van der Waals surface area contributed by atoms with E-state index in [-0.39, 0.29) is 31.5 Å². The number of sulfone groups is 1. The summed E-state index contributed by atoms with van der Waals surface area (Å²) in [5.41, 5.74) is 5.62. The summed E-state index contributed by atoms with van der Waals surface area (Å²) in [5.74, 6) is 0. The predicted octanol–water partition coefficient (Wildman–Crippen LogP) is 1.66. The number of benzene rings is 2. The average molecular weight is 414 g/mol. The summed E-state index contributed by atoms with van der Waals surface area (Å²) in [5, 5.41) is 2.68. The molecule has 7 nitrogen and oxygen atoms in total. The van der Waals surface area contributed by atoms with Crippen molar-refractivity contribution in [1.82, 2.24) is 10.0 Å². The topological polar surface area (TPSA) is 118 Å². The average Bonchev–Trinajstić information content (AvgIpc) is 2.53. The highest BCUT2D eigenvalue weighted by Gasteiger charge is 2.23. The van der Waals surface area contributed by atoms with Gasteiger partial charge in [0.2, 0.25) is 9.84 Å². The normalized spacial score (nSPS) is 12.0. The molecule has 0 radical (unpaired) electrons. The van der Waals surface area contributed by atoms with Crippen molar-refractivity contribution in [1.29, 1.82) is 0 Å². The highest BCUT2D eigenvalue weighted by Crippen LogP contribution is 2.26. The van der Waals surface area contributed by atoms with Crippen LogP contribution in [0.1, 0.15) is 13.8 Å². The van der Waals surface area contributed by atoms with E-state index in [1.807, 2.05) is 0 Å². The van der Waals surface area contributed by atoms with Crippen molar-refractivity contribution in [3.8, 4) is 0 Å². The first-order valence-electron chi connectivity index (χ1n) is 7.57. The van der Waals surface area contributed by atoms with Crippen molar-refractivity contribution in [2.45, 2.75) is 34.6 Å². The van der Waals surface area contributed by atoms with Crippen molar-refractivity contribution in [3.05, 3.63) is 48.5 Å². The van der Waals surface area contributed by atoms with Gasteiger partial charge in [0.1, 0.15) is 4.90 Å². The maximum absolute atomic E-state index is 12.6. The molecule has 0 aromatic heterocycles. The van der Waals surface area contributed by atoms with Gasteiger partial charge in [0.15, 0.2) is 5.11 Å². The lowest BCUT2D eigenvalue weighted by molar-refractivity contribution is 0.589. The summed E-state index contributed by atoms with van der Waals surface area (Å²) >= 11 is 4.93. The fourth-order valence-electron chi connectivity index (χ4n) is 2.14. The van der Waals surface area contributed by atoms with Crippen LogP contribution < -0.4 is 15.8 Å². The Morgan fingerprint density at radius 2 is 1.62 bits per heavy atom. The molecule has 0 aliphatic heterocycles. The molecule has 0 spiro atoms. The molecule has 0 aliphatic carbocycles. The molecule has 0 saturated heterocycles. The minimum Gasteiger partial charge on any atom is -0.398 e. The second kappa shape index (κ2) is 7.60. The van der Waals surface area contributed by atoms with Crippen molar-refractivity contribution >= 4 is 42.9 Å². The lowest BCUT2D eigenvalue weighted by Gasteiger charge is -2.15. The van der Waals surface area contributed by atoms with Crippen LogP contribution in [0.4, 0.5) is 5.69 Å². The quantitative estimate of drug-likeness (QED) is 0.504. The van der Waals surface area contributed by atoms with Crippen LogP contribution >= 0.6 is 12.2 Å². The van der Waals surface area contributed by atoms with Gasteiger partial charge in [-0.2, -0.15) is 0 Å². The van der Waals surface area contributed by atoms with Crippen LogP contribution in [-0.2, 0) is 19.9 Å². The predicted molar refractivity (Wildman–Crippen MR) is 104 cm³/mol. The highest BCUT2D eigenvalue weighted by atomic mass is 32.2. The maximum Gasteiger partial charge on any atom is 0.265 e. The zero-order valence-electron chi connectivity index (χ0n) is 14.1.